The highest BCUT2D eigenvalue weighted by Gasteiger charge is 2.37. The van der Waals surface area contributed by atoms with E-state index in [0.717, 1.165) is 0 Å². The first kappa shape index (κ1) is 71.1. The van der Waals surface area contributed by atoms with Gasteiger partial charge in [0.05, 0.1) is 18.8 Å². The van der Waals surface area contributed by atoms with E-state index in [1.807, 2.05) is 13.8 Å². The molecule has 0 heterocycles. The number of thiol groups is 1. The van der Waals surface area contributed by atoms with Crippen LogP contribution in [-0.4, -0.2) is 175 Å². The molecule has 27 nitrogen and oxygen atoms in total. The first-order valence-corrected chi connectivity index (χ1v) is 27.0. The molecule has 28 heteroatoms. The molecule has 0 saturated carbocycles. The van der Waals surface area contributed by atoms with Crippen molar-refractivity contribution in [3.05, 3.63) is 35.9 Å². The number of hydrogen-bond acceptors (Lipinski definition) is 16. The molecular formula is C52H84N10O17S. The maximum absolute atomic E-state index is 14.3. The van der Waals surface area contributed by atoms with E-state index in [0.29, 0.717) is 12.0 Å². The molecule has 0 aliphatic rings. The van der Waals surface area contributed by atoms with Gasteiger partial charge in [-0.25, -0.2) is 4.79 Å². The van der Waals surface area contributed by atoms with Gasteiger partial charge in [-0.15, -0.1) is 0 Å². The van der Waals surface area contributed by atoms with Crippen LogP contribution in [0.25, 0.3) is 0 Å². The van der Waals surface area contributed by atoms with Crippen molar-refractivity contribution >= 4 is 83.7 Å². The first-order chi connectivity index (χ1) is 37.3. The number of carbonyl (C=O) groups is 12. The molecule has 450 valence electrons. The van der Waals surface area contributed by atoms with Crippen molar-refractivity contribution in [3.8, 4) is 0 Å². The summed E-state index contributed by atoms with van der Waals surface area (Å²) in [5.74, 6) is -14.6. The number of aliphatic carboxylic acids is 3. The summed E-state index contributed by atoms with van der Waals surface area (Å²) in [6.45, 7) is 13.7. The Bertz CT molecular complexity index is 2270. The lowest BCUT2D eigenvalue weighted by Crippen LogP contribution is -2.62. The lowest BCUT2D eigenvalue weighted by atomic mass is 9.99. The Labute approximate surface area is 471 Å². The minimum Gasteiger partial charge on any atom is -0.481 e. The van der Waals surface area contributed by atoms with Crippen LogP contribution in [0.2, 0.25) is 0 Å². The molecule has 0 aliphatic heterocycles. The van der Waals surface area contributed by atoms with Crippen molar-refractivity contribution in [3.63, 3.8) is 0 Å². The van der Waals surface area contributed by atoms with E-state index in [1.54, 1.807) is 58.0 Å². The Kier molecular flexibility index (Phi) is 31.7. The molecule has 11 atom stereocenters. The van der Waals surface area contributed by atoms with Gasteiger partial charge in [-0.05, 0) is 68.3 Å². The lowest BCUT2D eigenvalue weighted by Gasteiger charge is -2.29. The highest BCUT2D eigenvalue weighted by Crippen LogP contribution is 2.13. The predicted octanol–water partition coefficient (Wildman–Crippen LogP) is -2.17. The van der Waals surface area contributed by atoms with Gasteiger partial charge < -0.3 is 79.1 Å². The monoisotopic (exact) mass is 1150 g/mol. The van der Waals surface area contributed by atoms with Crippen molar-refractivity contribution in [1.29, 1.82) is 0 Å². The third kappa shape index (κ3) is 26.4. The molecule has 9 amide bonds. The van der Waals surface area contributed by atoms with E-state index in [2.05, 4.69) is 60.5 Å². The fraction of sp³-hybridized carbons (Fsp3) is 0.654. The van der Waals surface area contributed by atoms with E-state index >= 15 is 0 Å². The fourth-order valence-electron chi connectivity index (χ4n) is 7.87. The van der Waals surface area contributed by atoms with E-state index < -0.39 is 176 Å². The number of rotatable bonds is 37. The van der Waals surface area contributed by atoms with Gasteiger partial charge in [-0.1, -0.05) is 85.7 Å². The van der Waals surface area contributed by atoms with Gasteiger partial charge in [-0.3, -0.25) is 52.7 Å². The molecule has 0 bridgehead atoms. The number of nitrogens with two attached hydrogens (primary N) is 1. The molecule has 80 heavy (non-hydrogen) atoms. The average Bonchev–Trinajstić information content (AvgIpc) is 3.36. The number of amides is 9. The minimum absolute atomic E-state index is 0.0183. The first-order valence-electron chi connectivity index (χ1n) is 26.4. The van der Waals surface area contributed by atoms with Gasteiger partial charge in [-0.2, -0.15) is 12.6 Å². The van der Waals surface area contributed by atoms with Gasteiger partial charge in [0.1, 0.15) is 54.4 Å². The van der Waals surface area contributed by atoms with Crippen molar-refractivity contribution < 1.29 is 83.1 Å². The van der Waals surface area contributed by atoms with Gasteiger partial charge in [0, 0.05) is 25.0 Å². The molecule has 1 rings (SSSR count). The highest BCUT2D eigenvalue weighted by atomic mass is 32.1. The van der Waals surface area contributed by atoms with Gasteiger partial charge >= 0.3 is 17.9 Å². The topological polar surface area (TPSA) is 440 Å². The maximum Gasteiger partial charge on any atom is 0.326 e. The summed E-state index contributed by atoms with van der Waals surface area (Å²) in [7, 11) is 0. The second kappa shape index (κ2) is 35.7. The molecule has 0 spiro atoms. The summed E-state index contributed by atoms with van der Waals surface area (Å²) in [5.41, 5.74) is 6.50. The quantitative estimate of drug-likeness (QED) is 0.0315. The van der Waals surface area contributed by atoms with Crippen molar-refractivity contribution in [2.24, 2.45) is 29.4 Å². The van der Waals surface area contributed by atoms with Crippen molar-refractivity contribution in [2.45, 2.75) is 180 Å². The van der Waals surface area contributed by atoms with Crippen LogP contribution in [0, 0.1) is 23.7 Å². The third-order valence-corrected chi connectivity index (χ3v) is 12.5. The summed E-state index contributed by atoms with van der Waals surface area (Å²) < 4.78 is 0. The van der Waals surface area contributed by atoms with E-state index in [1.165, 1.54) is 20.8 Å². The second-order valence-electron chi connectivity index (χ2n) is 21.1. The molecule has 0 saturated heterocycles. The van der Waals surface area contributed by atoms with E-state index in [-0.39, 0.29) is 42.8 Å². The number of nitrogens with one attached hydrogen (secondary N) is 9. The van der Waals surface area contributed by atoms with Gasteiger partial charge in [0.15, 0.2) is 0 Å². The Morgan fingerprint density at radius 1 is 0.463 bits per heavy atom. The molecule has 0 aliphatic carbocycles. The van der Waals surface area contributed by atoms with Crippen molar-refractivity contribution in [1.82, 2.24) is 47.9 Å². The summed E-state index contributed by atoms with van der Waals surface area (Å²) in [5, 5.41) is 71.1. The number of benzene rings is 1. The highest BCUT2D eigenvalue weighted by molar-refractivity contribution is 7.80. The minimum atomic E-state index is -1.77. The molecule has 0 radical (unpaired) electrons. The van der Waals surface area contributed by atoms with Crippen LogP contribution in [0.15, 0.2) is 30.3 Å². The smallest absolute Gasteiger partial charge is 0.326 e. The molecule has 0 aromatic heterocycles. The summed E-state index contributed by atoms with van der Waals surface area (Å²) in [6, 6.07) is -6.80. The molecule has 0 unspecified atom stereocenters. The fourth-order valence-corrected chi connectivity index (χ4v) is 8.13. The Hall–Kier alpha value is -6.91. The van der Waals surface area contributed by atoms with Gasteiger partial charge in [0.25, 0.3) is 0 Å². The Morgan fingerprint density at radius 2 is 0.838 bits per heavy atom. The predicted molar refractivity (Wildman–Crippen MR) is 293 cm³/mol. The normalized spacial score (nSPS) is 15.5. The number of carboxylic acids is 3. The Morgan fingerprint density at radius 3 is 1.29 bits per heavy atom. The van der Waals surface area contributed by atoms with Crippen LogP contribution in [0.1, 0.15) is 113 Å². The molecule has 0 fully saturated rings. The van der Waals surface area contributed by atoms with Crippen LogP contribution >= 0.6 is 12.6 Å². The summed E-state index contributed by atoms with van der Waals surface area (Å²) >= 11 is 4.16. The number of carboxylic acid groups (broad SMARTS) is 3. The SMILES string of the molecule is CC(C)C[C@H](NC(=O)[C@H](CO)NC(=O)[C@@H](NC(=O)[C@H](CCC(=O)O)NC(=O)[C@H](CCC(=O)O)NC(=O)[C@H](CC(C)C)NC(=O)[C@H](Cc1ccccc1)NC(=O)[C@@H](NC(=O)[C@H](CS)NC(=O)[C@@H](N)CC(C)C)[C@@H](C)O)C(C)C)C(=O)O. The lowest BCUT2D eigenvalue weighted by molar-refractivity contribution is -0.143. The number of hydrogen-bond donors (Lipinski definition) is 16. The van der Waals surface area contributed by atoms with E-state index in [9.17, 15) is 83.1 Å². The zero-order chi connectivity index (χ0) is 61.1. The van der Waals surface area contributed by atoms with Crippen LogP contribution < -0.4 is 53.6 Å². The van der Waals surface area contributed by atoms with Crippen molar-refractivity contribution in [2.75, 3.05) is 12.4 Å². The standard InChI is InChI=1S/C52H84N10O17S/c1-25(2)19-31(53)43(69)60-38(24-80)49(75)62-42(29(9)64)51(77)57-35(22-30-13-11-10-12-14-30)47(73)56-34(20-26(3)4)46(72)55-32(15-17-39(65)66)44(70)54-33(16-18-40(67)68)45(71)61-41(28(7)8)50(76)59-37(23-63)48(74)58-36(52(78)79)21-27(5)6/h10-14,25-29,31-38,41-42,63-64,80H,15-24,53H2,1-9H3,(H,54,70)(H,55,72)(H,56,73)(H,57,77)(H,58,74)(H,59,76)(H,60,69)(H,61,71)(H,62,75)(H,65,66)(H,67,68)(H,78,79)/t29-,31+,32+,33+,34+,35+,36+,37+,38+,41+,42+/m1/s1. The number of aliphatic hydroxyl groups excluding tert-OH is 2. The summed E-state index contributed by atoms with van der Waals surface area (Å²) in [6.07, 6.45) is -4.24. The Balaban J connectivity index is 3.56. The summed E-state index contributed by atoms with van der Waals surface area (Å²) in [4.78, 5) is 159. The zero-order valence-corrected chi connectivity index (χ0v) is 47.7. The molecule has 1 aromatic carbocycles. The second-order valence-corrected chi connectivity index (χ2v) is 21.5. The maximum atomic E-state index is 14.3. The third-order valence-electron chi connectivity index (χ3n) is 12.1. The van der Waals surface area contributed by atoms with Crippen LogP contribution in [0.5, 0.6) is 0 Å². The van der Waals surface area contributed by atoms with Crippen LogP contribution in [0.3, 0.4) is 0 Å². The number of aliphatic hydroxyl groups is 2. The zero-order valence-electron chi connectivity index (χ0n) is 46.8. The molecule has 16 N–H and O–H groups in total. The largest absolute Gasteiger partial charge is 0.481 e. The van der Waals surface area contributed by atoms with E-state index in [4.69, 9.17) is 5.73 Å². The number of carbonyl (C=O) groups excluding carboxylic acids is 9. The van der Waals surface area contributed by atoms with Crippen LogP contribution in [0.4, 0.5) is 0 Å². The van der Waals surface area contributed by atoms with Gasteiger partial charge in [0.2, 0.25) is 53.2 Å². The molecule has 1 aromatic rings. The molecular weight excluding hydrogens is 1070 g/mol. The van der Waals surface area contributed by atoms with Crippen LogP contribution in [-0.2, 0) is 64.0 Å². The average molecular weight is 1150 g/mol.